The fourth-order valence-corrected chi connectivity index (χ4v) is 3.18. The molecule has 0 amide bonds. The Morgan fingerprint density at radius 2 is 1.81 bits per heavy atom. The average Bonchev–Trinajstić information content (AvgIpc) is 3.18. The number of methoxy groups -OCH3 is 1. The number of hydrogen-bond acceptors (Lipinski definition) is 6. The van der Waals surface area contributed by atoms with E-state index in [9.17, 15) is 10.1 Å². The van der Waals surface area contributed by atoms with E-state index in [1.54, 1.807) is 31.4 Å². The maximum atomic E-state index is 12.2. The van der Waals surface area contributed by atoms with Crippen molar-refractivity contribution >= 4 is 17.8 Å². The van der Waals surface area contributed by atoms with Gasteiger partial charge in [0.1, 0.15) is 12.3 Å². The summed E-state index contributed by atoms with van der Waals surface area (Å²) in [4.78, 5) is 17.1. The van der Waals surface area contributed by atoms with Crippen molar-refractivity contribution in [3.05, 3.63) is 101 Å². The van der Waals surface area contributed by atoms with Crippen LogP contribution < -0.4 is 9.47 Å². The van der Waals surface area contributed by atoms with E-state index >= 15 is 0 Å². The smallest absolute Gasteiger partial charge is 0.368 e. The zero-order valence-corrected chi connectivity index (χ0v) is 16.7. The molecule has 152 valence electrons. The SMILES string of the molecule is COc1cc(C=C2C(=O)ON=C2c2ccccc2)ccc1OCc1ccccc1C#N. The minimum atomic E-state index is -0.508. The van der Waals surface area contributed by atoms with Gasteiger partial charge in [0, 0.05) is 11.1 Å². The number of carbonyl (C=O) groups excluding carboxylic acids is 1. The lowest BCUT2D eigenvalue weighted by atomic mass is 10.0. The molecule has 1 heterocycles. The highest BCUT2D eigenvalue weighted by Gasteiger charge is 2.26. The van der Waals surface area contributed by atoms with Gasteiger partial charge in [-0.15, -0.1) is 0 Å². The van der Waals surface area contributed by atoms with Crippen molar-refractivity contribution in [2.75, 3.05) is 7.11 Å². The molecule has 0 fully saturated rings. The molecule has 6 heteroatoms. The second kappa shape index (κ2) is 8.97. The van der Waals surface area contributed by atoms with Gasteiger partial charge in [-0.25, -0.2) is 4.79 Å². The van der Waals surface area contributed by atoms with Crippen molar-refractivity contribution < 1.29 is 19.1 Å². The van der Waals surface area contributed by atoms with Crippen LogP contribution in [0.2, 0.25) is 0 Å². The summed E-state index contributed by atoms with van der Waals surface area (Å²) in [5.74, 6) is 0.531. The quantitative estimate of drug-likeness (QED) is 0.442. The Morgan fingerprint density at radius 1 is 1.03 bits per heavy atom. The van der Waals surface area contributed by atoms with Crippen molar-refractivity contribution in [3.63, 3.8) is 0 Å². The van der Waals surface area contributed by atoms with Crippen molar-refractivity contribution in [2.45, 2.75) is 6.61 Å². The summed E-state index contributed by atoms with van der Waals surface area (Å²) in [6.07, 6.45) is 1.71. The zero-order valence-electron chi connectivity index (χ0n) is 16.7. The summed E-state index contributed by atoms with van der Waals surface area (Å²) >= 11 is 0. The fraction of sp³-hybridized carbons (Fsp3) is 0.0800. The van der Waals surface area contributed by atoms with Crippen LogP contribution in [0.5, 0.6) is 11.5 Å². The molecule has 0 bridgehead atoms. The summed E-state index contributed by atoms with van der Waals surface area (Å²) < 4.78 is 11.3. The summed E-state index contributed by atoms with van der Waals surface area (Å²) in [6.45, 7) is 0.234. The van der Waals surface area contributed by atoms with Crippen LogP contribution in [0.1, 0.15) is 22.3 Å². The first kappa shape index (κ1) is 19.9. The maximum absolute atomic E-state index is 12.2. The van der Waals surface area contributed by atoms with Crippen LogP contribution in [0.25, 0.3) is 6.08 Å². The number of hydrogen-bond donors (Lipinski definition) is 0. The molecule has 0 spiro atoms. The number of ether oxygens (including phenoxy) is 2. The van der Waals surface area contributed by atoms with Gasteiger partial charge < -0.3 is 14.3 Å². The topological polar surface area (TPSA) is 80.9 Å². The summed E-state index contributed by atoms with van der Waals surface area (Å²) in [5.41, 5.74) is 3.73. The summed E-state index contributed by atoms with van der Waals surface area (Å²) in [5, 5.41) is 13.2. The lowest BCUT2D eigenvalue weighted by Gasteiger charge is -2.12. The number of carbonyl (C=O) groups is 1. The maximum Gasteiger partial charge on any atom is 0.368 e. The van der Waals surface area contributed by atoms with Crippen LogP contribution >= 0.6 is 0 Å². The number of rotatable bonds is 6. The van der Waals surface area contributed by atoms with Gasteiger partial charge in [0.2, 0.25) is 0 Å². The molecule has 31 heavy (non-hydrogen) atoms. The first-order valence-electron chi connectivity index (χ1n) is 9.55. The summed E-state index contributed by atoms with van der Waals surface area (Å²) in [6, 6.07) is 24.1. The van der Waals surface area contributed by atoms with Gasteiger partial charge in [-0.1, -0.05) is 59.8 Å². The van der Waals surface area contributed by atoms with Crippen LogP contribution in [-0.4, -0.2) is 18.8 Å². The molecule has 0 aliphatic carbocycles. The van der Waals surface area contributed by atoms with Crippen molar-refractivity contribution in [3.8, 4) is 17.6 Å². The molecule has 0 radical (unpaired) electrons. The second-order valence-corrected chi connectivity index (χ2v) is 6.71. The first-order chi connectivity index (χ1) is 15.2. The van der Waals surface area contributed by atoms with E-state index < -0.39 is 5.97 Å². The number of nitriles is 1. The highest BCUT2D eigenvalue weighted by molar-refractivity contribution is 6.31. The highest BCUT2D eigenvalue weighted by atomic mass is 16.7. The Bertz CT molecular complexity index is 1220. The Kier molecular flexibility index (Phi) is 5.77. The Balaban J connectivity index is 1.59. The van der Waals surface area contributed by atoms with Gasteiger partial charge in [0.15, 0.2) is 11.5 Å². The molecule has 1 aliphatic rings. The van der Waals surface area contributed by atoms with E-state index in [0.717, 1.165) is 16.7 Å². The van der Waals surface area contributed by atoms with Gasteiger partial charge in [0.25, 0.3) is 0 Å². The van der Waals surface area contributed by atoms with Crippen LogP contribution in [0.3, 0.4) is 0 Å². The first-order valence-corrected chi connectivity index (χ1v) is 9.55. The summed E-state index contributed by atoms with van der Waals surface area (Å²) in [7, 11) is 1.54. The minimum Gasteiger partial charge on any atom is -0.493 e. The van der Waals surface area contributed by atoms with Gasteiger partial charge >= 0.3 is 5.97 Å². The molecule has 0 aromatic heterocycles. The van der Waals surface area contributed by atoms with Gasteiger partial charge in [-0.05, 0) is 29.8 Å². The molecular weight excluding hydrogens is 392 g/mol. The van der Waals surface area contributed by atoms with E-state index in [0.29, 0.717) is 28.3 Å². The van der Waals surface area contributed by atoms with Crippen LogP contribution in [0, 0.1) is 11.3 Å². The molecule has 4 rings (SSSR count). The predicted octanol–water partition coefficient (Wildman–Crippen LogP) is 4.49. The number of nitrogens with zero attached hydrogens (tertiary/aromatic N) is 2. The molecule has 1 aliphatic heterocycles. The molecule has 6 nitrogen and oxygen atoms in total. The van der Waals surface area contributed by atoms with Gasteiger partial charge in [0.05, 0.1) is 24.3 Å². The van der Waals surface area contributed by atoms with E-state index in [1.807, 2.05) is 54.6 Å². The van der Waals surface area contributed by atoms with E-state index in [2.05, 4.69) is 11.2 Å². The standard InChI is InChI=1S/C25H18N2O4/c1-29-23-14-17(11-12-22(23)30-16-20-10-6-5-9-19(20)15-26)13-21-24(27-31-25(21)28)18-7-3-2-4-8-18/h2-14H,16H2,1H3. The monoisotopic (exact) mass is 410 g/mol. The van der Waals surface area contributed by atoms with Gasteiger partial charge in [-0.2, -0.15) is 5.26 Å². The van der Waals surface area contributed by atoms with E-state index in [4.69, 9.17) is 14.3 Å². The molecule has 3 aromatic rings. The average molecular weight is 410 g/mol. The third-order valence-corrected chi connectivity index (χ3v) is 4.76. The molecule has 0 atom stereocenters. The predicted molar refractivity (Wildman–Crippen MR) is 116 cm³/mol. The van der Waals surface area contributed by atoms with E-state index in [1.165, 1.54) is 0 Å². The molecule has 0 saturated heterocycles. The lowest BCUT2D eigenvalue weighted by Crippen LogP contribution is -2.06. The molecule has 3 aromatic carbocycles. The second-order valence-electron chi connectivity index (χ2n) is 6.71. The molecule has 0 saturated carbocycles. The molecular formula is C25H18N2O4. The van der Waals surface area contributed by atoms with Crippen LogP contribution in [-0.2, 0) is 16.2 Å². The van der Waals surface area contributed by atoms with E-state index in [-0.39, 0.29) is 6.61 Å². The largest absolute Gasteiger partial charge is 0.493 e. The van der Waals surface area contributed by atoms with Crippen molar-refractivity contribution in [1.29, 1.82) is 5.26 Å². The lowest BCUT2D eigenvalue weighted by molar-refractivity contribution is -0.136. The Labute approximate surface area is 179 Å². The molecule has 0 unspecified atom stereocenters. The van der Waals surface area contributed by atoms with Crippen LogP contribution in [0.15, 0.2) is 83.5 Å². The third-order valence-electron chi connectivity index (χ3n) is 4.76. The minimum absolute atomic E-state index is 0.234. The Morgan fingerprint density at radius 3 is 2.58 bits per heavy atom. The highest BCUT2D eigenvalue weighted by Crippen LogP contribution is 2.31. The third kappa shape index (κ3) is 4.31. The van der Waals surface area contributed by atoms with Crippen LogP contribution in [0.4, 0.5) is 0 Å². The normalized spacial score (nSPS) is 14.0. The number of oxime groups is 1. The van der Waals surface area contributed by atoms with Crippen molar-refractivity contribution in [2.24, 2.45) is 5.16 Å². The zero-order chi connectivity index (χ0) is 21.6. The van der Waals surface area contributed by atoms with Gasteiger partial charge in [-0.3, -0.25) is 0 Å². The fourth-order valence-electron chi connectivity index (χ4n) is 3.18. The Hall–Kier alpha value is -4.37. The van der Waals surface area contributed by atoms with Crippen molar-refractivity contribution in [1.82, 2.24) is 0 Å². The molecule has 0 N–H and O–H groups in total. The number of benzene rings is 3.